The molecule has 1 aromatic carbocycles. The maximum Gasteiger partial charge on any atom is 0.275 e. The lowest BCUT2D eigenvalue weighted by Crippen LogP contribution is -2.25. The monoisotopic (exact) mass is 350 g/mol. The van der Waals surface area contributed by atoms with Crippen LogP contribution in [-0.4, -0.2) is 40.9 Å². The number of hydrogen-bond acceptors (Lipinski definition) is 7. The molecule has 1 unspecified atom stereocenters. The van der Waals surface area contributed by atoms with Gasteiger partial charge in [0.25, 0.3) is 5.16 Å². The van der Waals surface area contributed by atoms with Crippen molar-refractivity contribution in [3.05, 3.63) is 54.8 Å². The Hall–Kier alpha value is -2.52. The molecule has 0 amide bonds. The quantitative estimate of drug-likeness (QED) is 0.407. The minimum atomic E-state index is -3.91. The largest absolute Gasteiger partial charge is 0.468 e. The highest BCUT2D eigenvalue weighted by Gasteiger charge is 2.31. The van der Waals surface area contributed by atoms with Crippen molar-refractivity contribution < 1.29 is 17.9 Å². The molecule has 128 valence electrons. The minimum absolute atomic E-state index is 0.253. The lowest BCUT2D eigenvalue weighted by Gasteiger charge is -2.14. The lowest BCUT2D eigenvalue weighted by molar-refractivity contribution is -0.0286. The normalized spacial score (nSPS) is 13.1. The van der Waals surface area contributed by atoms with Crippen molar-refractivity contribution in [2.75, 3.05) is 6.79 Å². The first-order valence-corrected chi connectivity index (χ1v) is 8.65. The molecular weight excluding hydrogens is 332 g/mol. The molecule has 0 aliphatic heterocycles. The van der Waals surface area contributed by atoms with E-state index in [1.165, 1.54) is 6.92 Å². The Morgan fingerprint density at radius 3 is 2.75 bits per heavy atom. The average Bonchev–Trinajstić information content (AvgIpc) is 3.06. The number of sulfone groups is 1. The van der Waals surface area contributed by atoms with Gasteiger partial charge in [0.2, 0.25) is 9.84 Å². The fourth-order valence-electron chi connectivity index (χ4n) is 1.77. The van der Waals surface area contributed by atoms with Gasteiger partial charge in [0, 0.05) is 0 Å². The third kappa shape index (κ3) is 4.06. The van der Waals surface area contributed by atoms with Crippen molar-refractivity contribution in [2.45, 2.75) is 24.4 Å². The highest BCUT2D eigenvalue weighted by Crippen LogP contribution is 2.17. The molecule has 9 heteroatoms. The summed E-state index contributed by atoms with van der Waals surface area (Å²) >= 11 is 0. The molecule has 0 radical (unpaired) electrons. The van der Waals surface area contributed by atoms with E-state index in [1.54, 1.807) is 36.4 Å². The van der Waals surface area contributed by atoms with Crippen LogP contribution in [0.25, 0.3) is 5.69 Å². The van der Waals surface area contributed by atoms with E-state index in [1.807, 2.05) is 13.0 Å². The lowest BCUT2D eigenvalue weighted by atomic mass is 10.3. The third-order valence-corrected chi connectivity index (χ3v) is 4.81. The zero-order valence-corrected chi connectivity index (χ0v) is 14.2. The SMILES string of the molecule is C=C(/C=C\C)OCOC(C)S(=O)(=O)c1nnnn1-c1ccccc1. The molecule has 24 heavy (non-hydrogen) atoms. The zero-order valence-electron chi connectivity index (χ0n) is 13.4. The summed E-state index contributed by atoms with van der Waals surface area (Å²) in [5, 5.41) is 10.5. The molecule has 0 fully saturated rings. The van der Waals surface area contributed by atoms with E-state index in [0.717, 1.165) is 4.68 Å². The van der Waals surface area contributed by atoms with E-state index >= 15 is 0 Å². The van der Waals surface area contributed by atoms with Gasteiger partial charge in [0.1, 0.15) is 5.76 Å². The number of para-hydroxylation sites is 1. The summed E-state index contributed by atoms with van der Waals surface area (Å²) in [6.07, 6.45) is 3.38. The van der Waals surface area contributed by atoms with E-state index in [2.05, 4.69) is 22.1 Å². The van der Waals surface area contributed by atoms with E-state index in [4.69, 9.17) is 9.47 Å². The van der Waals surface area contributed by atoms with Gasteiger partial charge in [-0.3, -0.25) is 0 Å². The first-order chi connectivity index (χ1) is 11.5. The minimum Gasteiger partial charge on any atom is -0.468 e. The summed E-state index contributed by atoms with van der Waals surface area (Å²) in [6.45, 7) is 6.58. The number of ether oxygens (including phenoxy) is 2. The van der Waals surface area contributed by atoms with Crippen LogP contribution in [0, 0.1) is 0 Å². The Morgan fingerprint density at radius 1 is 1.38 bits per heavy atom. The van der Waals surface area contributed by atoms with Gasteiger partial charge in [0.15, 0.2) is 12.2 Å². The van der Waals surface area contributed by atoms with Crippen LogP contribution in [0.15, 0.2) is 60.0 Å². The average molecular weight is 350 g/mol. The smallest absolute Gasteiger partial charge is 0.275 e. The predicted octanol–water partition coefficient (Wildman–Crippen LogP) is 1.86. The molecule has 1 atom stereocenters. The van der Waals surface area contributed by atoms with Crippen molar-refractivity contribution in [3.63, 3.8) is 0 Å². The van der Waals surface area contributed by atoms with Crippen LogP contribution >= 0.6 is 0 Å². The van der Waals surface area contributed by atoms with E-state index in [9.17, 15) is 8.42 Å². The van der Waals surface area contributed by atoms with Crippen molar-refractivity contribution >= 4 is 9.84 Å². The number of tetrazole rings is 1. The summed E-state index contributed by atoms with van der Waals surface area (Å²) in [5.41, 5.74) is -0.657. The number of allylic oxidation sites excluding steroid dienone is 2. The first kappa shape index (κ1) is 17.8. The van der Waals surface area contributed by atoms with Gasteiger partial charge >= 0.3 is 0 Å². The molecule has 0 N–H and O–H groups in total. The van der Waals surface area contributed by atoms with Gasteiger partial charge in [-0.2, -0.15) is 4.68 Å². The molecule has 2 rings (SSSR count). The van der Waals surface area contributed by atoms with Crippen molar-refractivity contribution in [1.29, 1.82) is 0 Å². The van der Waals surface area contributed by atoms with Crippen LogP contribution in [-0.2, 0) is 19.3 Å². The standard InChI is InChI=1S/C15H18N4O4S/c1-4-8-12(2)22-11-23-13(3)24(20,21)15-16-17-18-19(15)14-9-6-5-7-10-14/h4-10,13H,2,11H2,1,3H3/b8-4-. The highest BCUT2D eigenvalue weighted by molar-refractivity contribution is 7.91. The number of aromatic nitrogens is 4. The zero-order chi connectivity index (χ0) is 17.6. The fourth-order valence-corrected chi connectivity index (χ4v) is 2.83. The van der Waals surface area contributed by atoms with Gasteiger partial charge in [0.05, 0.1) is 5.69 Å². The van der Waals surface area contributed by atoms with Crippen molar-refractivity contribution in [2.24, 2.45) is 0 Å². The summed E-state index contributed by atoms with van der Waals surface area (Å²) in [5.74, 6) is 0.371. The number of benzene rings is 1. The van der Waals surface area contributed by atoms with Gasteiger partial charge in [-0.25, -0.2) is 8.42 Å². The van der Waals surface area contributed by atoms with Gasteiger partial charge in [-0.15, -0.1) is 0 Å². The Morgan fingerprint density at radius 2 is 2.08 bits per heavy atom. The summed E-state index contributed by atoms with van der Waals surface area (Å²) in [7, 11) is -3.91. The topological polar surface area (TPSA) is 96.2 Å². The van der Waals surface area contributed by atoms with Gasteiger partial charge in [-0.1, -0.05) is 36.0 Å². The van der Waals surface area contributed by atoms with Crippen LogP contribution in [0.3, 0.4) is 0 Å². The van der Waals surface area contributed by atoms with Crippen LogP contribution < -0.4 is 0 Å². The second kappa shape index (κ2) is 7.84. The summed E-state index contributed by atoms with van der Waals surface area (Å²) < 4.78 is 36.7. The van der Waals surface area contributed by atoms with Crippen molar-refractivity contribution in [3.8, 4) is 5.69 Å². The molecule has 0 saturated carbocycles. The fraction of sp³-hybridized carbons (Fsp3) is 0.267. The highest BCUT2D eigenvalue weighted by atomic mass is 32.2. The summed E-state index contributed by atoms with van der Waals surface area (Å²) in [6, 6.07) is 8.72. The Labute approximate surface area is 140 Å². The molecule has 0 aliphatic rings. The van der Waals surface area contributed by atoms with E-state index in [0.29, 0.717) is 11.4 Å². The molecule has 1 heterocycles. The maximum absolute atomic E-state index is 12.6. The van der Waals surface area contributed by atoms with Gasteiger partial charge < -0.3 is 9.47 Å². The van der Waals surface area contributed by atoms with Crippen LogP contribution in [0.4, 0.5) is 0 Å². The molecule has 0 bridgehead atoms. The molecule has 2 aromatic rings. The van der Waals surface area contributed by atoms with E-state index in [-0.39, 0.29) is 11.9 Å². The second-order valence-electron chi connectivity index (χ2n) is 4.72. The Kier molecular flexibility index (Phi) is 5.83. The second-order valence-corrected chi connectivity index (χ2v) is 6.84. The maximum atomic E-state index is 12.6. The molecule has 0 spiro atoms. The first-order valence-electron chi connectivity index (χ1n) is 7.10. The Bertz CT molecular complexity index is 815. The molecule has 1 aromatic heterocycles. The van der Waals surface area contributed by atoms with Crippen LogP contribution in [0.2, 0.25) is 0 Å². The van der Waals surface area contributed by atoms with Gasteiger partial charge in [-0.05, 0) is 42.5 Å². The summed E-state index contributed by atoms with van der Waals surface area (Å²) in [4.78, 5) is 0. The molecule has 8 nitrogen and oxygen atoms in total. The molecule has 0 aliphatic carbocycles. The predicted molar refractivity (Wildman–Crippen MR) is 86.8 cm³/mol. The number of rotatable bonds is 8. The van der Waals surface area contributed by atoms with E-state index < -0.39 is 15.3 Å². The van der Waals surface area contributed by atoms with Crippen molar-refractivity contribution in [1.82, 2.24) is 20.2 Å². The number of hydrogen-bond donors (Lipinski definition) is 0. The Balaban J connectivity index is 2.13. The number of nitrogens with zero attached hydrogens (tertiary/aromatic N) is 4. The molecular formula is C15H18N4O4S. The van der Waals surface area contributed by atoms with Crippen LogP contribution in [0.1, 0.15) is 13.8 Å². The van der Waals surface area contributed by atoms with Crippen LogP contribution in [0.5, 0.6) is 0 Å². The third-order valence-electron chi connectivity index (χ3n) is 3.03. The molecule has 0 saturated heterocycles.